The summed E-state index contributed by atoms with van der Waals surface area (Å²) in [5, 5.41) is 0.583. The van der Waals surface area contributed by atoms with Gasteiger partial charge in [0, 0.05) is 12.3 Å². The predicted molar refractivity (Wildman–Crippen MR) is 65.9 cm³/mol. The number of ether oxygens (including phenoxy) is 1. The number of hydrogen-bond donors (Lipinski definition) is 2. The Morgan fingerprint density at radius 3 is 2.94 bits per heavy atom. The number of anilines is 1. The molecule has 7 heteroatoms. The van der Waals surface area contributed by atoms with Crippen LogP contribution >= 0.6 is 11.8 Å². The maximum atomic E-state index is 5.54. The van der Waals surface area contributed by atoms with Crippen LogP contribution in [0.4, 0.5) is 5.82 Å². The van der Waals surface area contributed by atoms with Gasteiger partial charge in [0.25, 0.3) is 0 Å². The highest BCUT2D eigenvalue weighted by atomic mass is 32.2. The van der Waals surface area contributed by atoms with Crippen molar-refractivity contribution in [2.45, 2.75) is 5.16 Å². The second-order valence-electron chi connectivity index (χ2n) is 3.01. The van der Waals surface area contributed by atoms with Crippen molar-refractivity contribution in [3.63, 3.8) is 0 Å². The molecule has 2 rings (SSSR count). The molecule has 88 valence electrons. The van der Waals surface area contributed by atoms with Crippen LogP contribution in [0.25, 0.3) is 0 Å². The average Bonchev–Trinajstić information content (AvgIpc) is 2.39. The van der Waals surface area contributed by atoms with E-state index in [0.717, 1.165) is 0 Å². The van der Waals surface area contributed by atoms with Crippen LogP contribution in [0.3, 0.4) is 0 Å². The lowest BCUT2D eigenvalue weighted by Gasteiger charge is -2.07. The zero-order valence-corrected chi connectivity index (χ0v) is 9.94. The van der Waals surface area contributed by atoms with E-state index in [0.29, 0.717) is 22.6 Å². The lowest BCUT2D eigenvalue weighted by atomic mass is 10.4. The molecule has 3 N–H and O–H groups in total. The summed E-state index contributed by atoms with van der Waals surface area (Å²) in [6, 6.07) is 5.20. The molecule has 0 unspecified atom stereocenters. The monoisotopic (exact) mass is 249 g/mol. The van der Waals surface area contributed by atoms with Gasteiger partial charge in [0.1, 0.15) is 11.6 Å². The molecule has 0 atom stereocenters. The molecule has 0 bridgehead atoms. The van der Waals surface area contributed by atoms with Crippen molar-refractivity contribution in [1.29, 1.82) is 0 Å². The van der Waals surface area contributed by atoms with E-state index in [-0.39, 0.29) is 0 Å². The van der Waals surface area contributed by atoms with Gasteiger partial charge in [-0.25, -0.2) is 10.8 Å². The van der Waals surface area contributed by atoms with E-state index in [1.54, 1.807) is 30.6 Å². The number of aromatic nitrogens is 3. The zero-order valence-electron chi connectivity index (χ0n) is 9.12. The molecule has 0 fully saturated rings. The van der Waals surface area contributed by atoms with E-state index < -0.39 is 0 Å². The Hall–Kier alpha value is -1.86. The van der Waals surface area contributed by atoms with Gasteiger partial charge in [0.2, 0.25) is 5.88 Å². The molecule has 0 amide bonds. The lowest BCUT2D eigenvalue weighted by molar-refractivity contribution is 0.454. The molecule has 2 aromatic rings. The van der Waals surface area contributed by atoms with Gasteiger partial charge >= 0.3 is 0 Å². The minimum Gasteiger partial charge on any atom is -0.437 e. The van der Waals surface area contributed by atoms with Crippen LogP contribution in [-0.2, 0) is 0 Å². The fraction of sp³-hybridized carbons (Fsp3) is 0.100. The highest BCUT2D eigenvalue weighted by molar-refractivity contribution is 7.98. The van der Waals surface area contributed by atoms with Crippen LogP contribution < -0.4 is 16.0 Å². The maximum absolute atomic E-state index is 5.54. The third kappa shape index (κ3) is 3.05. The number of nitrogen functional groups attached to an aromatic ring is 1. The summed E-state index contributed by atoms with van der Waals surface area (Å²) in [6.45, 7) is 0. The number of thioether (sulfide) groups is 1. The van der Waals surface area contributed by atoms with Gasteiger partial charge in [0.15, 0.2) is 5.16 Å². The largest absolute Gasteiger partial charge is 0.437 e. The number of pyridine rings is 1. The van der Waals surface area contributed by atoms with E-state index >= 15 is 0 Å². The molecule has 2 aromatic heterocycles. The number of hydrogen-bond acceptors (Lipinski definition) is 7. The van der Waals surface area contributed by atoms with Crippen molar-refractivity contribution in [1.82, 2.24) is 15.0 Å². The van der Waals surface area contributed by atoms with Crippen molar-refractivity contribution >= 4 is 17.6 Å². The van der Waals surface area contributed by atoms with Gasteiger partial charge in [-0.1, -0.05) is 11.8 Å². The molecule has 0 aromatic carbocycles. The topological polar surface area (TPSA) is 86.0 Å². The summed E-state index contributed by atoms with van der Waals surface area (Å²) in [5.74, 6) is 6.86. The third-order valence-electron chi connectivity index (χ3n) is 1.87. The Bertz CT molecular complexity index is 471. The summed E-state index contributed by atoms with van der Waals surface area (Å²) in [4.78, 5) is 12.3. The van der Waals surface area contributed by atoms with Crippen LogP contribution in [-0.4, -0.2) is 21.2 Å². The normalized spacial score (nSPS) is 10.0. The van der Waals surface area contributed by atoms with Crippen LogP contribution in [0.15, 0.2) is 35.7 Å². The summed E-state index contributed by atoms with van der Waals surface area (Å²) >= 11 is 1.41. The quantitative estimate of drug-likeness (QED) is 0.369. The first kappa shape index (κ1) is 11.6. The average molecular weight is 249 g/mol. The van der Waals surface area contributed by atoms with E-state index in [2.05, 4.69) is 20.4 Å². The molecule has 0 radical (unpaired) electrons. The summed E-state index contributed by atoms with van der Waals surface area (Å²) in [5.41, 5.74) is 2.47. The summed E-state index contributed by atoms with van der Waals surface area (Å²) in [6.07, 6.45) is 5.16. The van der Waals surface area contributed by atoms with Crippen molar-refractivity contribution in [3.8, 4) is 11.6 Å². The minimum absolute atomic E-state index is 0.422. The molecule has 0 aliphatic heterocycles. The zero-order chi connectivity index (χ0) is 12.1. The first-order valence-electron chi connectivity index (χ1n) is 4.79. The Morgan fingerprint density at radius 2 is 2.29 bits per heavy atom. The van der Waals surface area contributed by atoms with Crippen molar-refractivity contribution in [2.75, 3.05) is 11.7 Å². The van der Waals surface area contributed by atoms with E-state index in [9.17, 15) is 0 Å². The van der Waals surface area contributed by atoms with Gasteiger partial charge in [-0.3, -0.25) is 4.98 Å². The number of rotatable bonds is 4. The number of nitrogens with two attached hydrogens (primary N) is 1. The van der Waals surface area contributed by atoms with Crippen molar-refractivity contribution < 1.29 is 4.74 Å². The molecular formula is C10H11N5OS. The summed E-state index contributed by atoms with van der Waals surface area (Å²) in [7, 11) is 0. The molecule has 17 heavy (non-hydrogen) atoms. The van der Waals surface area contributed by atoms with Crippen LogP contribution in [0.1, 0.15) is 0 Å². The van der Waals surface area contributed by atoms with Gasteiger partial charge in [0.05, 0.1) is 6.20 Å². The molecule has 0 aliphatic carbocycles. The Balaban J connectivity index is 2.26. The second-order valence-corrected chi connectivity index (χ2v) is 3.79. The van der Waals surface area contributed by atoms with E-state index in [1.165, 1.54) is 11.8 Å². The highest BCUT2D eigenvalue weighted by Crippen LogP contribution is 2.22. The molecule has 0 aliphatic rings. The van der Waals surface area contributed by atoms with Gasteiger partial charge < -0.3 is 10.2 Å². The number of nitrogens with one attached hydrogen (secondary N) is 1. The maximum Gasteiger partial charge on any atom is 0.225 e. The van der Waals surface area contributed by atoms with Gasteiger partial charge in [-0.05, 0) is 18.4 Å². The van der Waals surface area contributed by atoms with Crippen LogP contribution in [0.2, 0.25) is 0 Å². The Labute approximate surface area is 103 Å². The fourth-order valence-corrected chi connectivity index (χ4v) is 1.52. The van der Waals surface area contributed by atoms with Crippen molar-refractivity contribution in [3.05, 3.63) is 30.6 Å². The Morgan fingerprint density at radius 1 is 1.41 bits per heavy atom. The SMILES string of the molecule is CSc1nc(NN)cc(Oc2cccnc2)n1. The Kier molecular flexibility index (Phi) is 3.73. The fourth-order valence-electron chi connectivity index (χ4n) is 1.15. The number of nitrogens with zero attached hydrogens (tertiary/aromatic N) is 3. The lowest BCUT2D eigenvalue weighted by Crippen LogP contribution is -2.09. The van der Waals surface area contributed by atoms with Gasteiger partial charge in [-0.15, -0.1) is 0 Å². The highest BCUT2D eigenvalue weighted by Gasteiger charge is 2.05. The van der Waals surface area contributed by atoms with Gasteiger partial charge in [-0.2, -0.15) is 4.98 Å². The molecular weight excluding hydrogens is 238 g/mol. The van der Waals surface area contributed by atoms with Crippen molar-refractivity contribution in [2.24, 2.45) is 5.84 Å². The molecule has 2 heterocycles. The first-order chi connectivity index (χ1) is 8.31. The summed E-state index contributed by atoms with van der Waals surface area (Å²) < 4.78 is 5.54. The predicted octanol–water partition coefficient (Wildman–Crippen LogP) is 1.67. The van der Waals surface area contributed by atoms with Crippen LogP contribution in [0, 0.1) is 0 Å². The molecule has 0 saturated heterocycles. The molecule has 6 nitrogen and oxygen atoms in total. The molecule has 0 spiro atoms. The second kappa shape index (κ2) is 5.46. The van der Waals surface area contributed by atoms with E-state index in [4.69, 9.17) is 10.6 Å². The molecule has 0 saturated carbocycles. The third-order valence-corrected chi connectivity index (χ3v) is 2.42. The standard InChI is InChI=1S/C10H11N5OS/c1-17-10-13-8(15-11)5-9(14-10)16-7-3-2-4-12-6-7/h2-6H,11H2,1H3,(H,13,14,15). The first-order valence-corrected chi connectivity index (χ1v) is 6.02. The minimum atomic E-state index is 0.422. The smallest absolute Gasteiger partial charge is 0.225 e. The van der Waals surface area contributed by atoms with E-state index in [1.807, 2.05) is 6.26 Å². The van der Waals surface area contributed by atoms with Crippen LogP contribution in [0.5, 0.6) is 11.6 Å². The number of hydrazine groups is 1.